The smallest absolute Gasteiger partial charge is 0.249 e. The lowest BCUT2D eigenvalue weighted by Crippen LogP contribution is -2.40. The third-order valence-electron chi connectivity index (χ3n) is 3.29. The Morgan fingerprint density at radius 2 is 2.14 bits per heavy atom. The van der Waals surface area contributed by atoms with Crippen molar-refractivity contribution in [1.82, 2.24) is 20.1 Å². The highest BCUT2D eigenvalue weighted by Crippen LogP contribution is 2.16. The first-order chi connectivity index (χ1) is 10.3. The minimum atomic E-state index is 0.0967. The summed E-state index contributed by atoms with van der Waals surface area (Å²) in [5.74, 6) is 0.992. The molecule has 0 spiro atoms. The van der Waals surface area contributed by atoms with Gasteiger partial charge in [0.25, 0.3) is 0 Å². The molecule has 2 aromatic rings. The number of aromatic nitrogens is 3. The van der Waals surface area contributed by atoms with Gasteiger partial charge in [-0.05, 0) is 12.1 Å². The van der Waals surface area contributed by atoms with Crippen molar-refractivity contribution in [2.75, 3.05) is 26.3 Å². The number of carbonyl (C=O) groups excluding carboxylic acids is 1. The third kappa shape index (κ3) is 3.43. The van der Waals surface area contributed by atoms with Crippen LogP contribution in [0, 0.1) is 0 Å². The molecule has 0 atom stereocenters. The number of nitrogens with zero attached hydrogens (tertiary/aromatic N) is 4. The van der Waals surface area contributed by atoms with Crippen LogP contribution in [0.1, 0.15) is 12.3 Å². The highest BCUT2D eigenvalue weighted by Gasteiger charge is 2.18. The summed E-state index contributed by atoms with van der Waals surface area (Å²) in [6.07, 6.45) is 4.16. The fourth-order valence-electron chi connectivity index (χ4n) is 2.15. The molecule has 7 nitrogen and oxygen atoms in total. The number of carbonyl (C=O) groups is 1. The largest absolute Gasteiger partial charge is 0.421 e. The molecule has 21 heavy (non-hydrogen) atoms. The molecule has 7 heteroatoms. The lowest BCUT2D eigenvalue weighted by molar-refractivity contribution is -0.135. The molecule has 0 N–H and O–H groups in total. The van der Waals surface area contributed by atoms with E-state index >= 15 is 0 Å². The molecule has 0 aromatic carbocycles. The molecule has 1 aliphatic rings. The monoisotopic (exact) mass is 288 g/mol. The maximum atomic E-state index is 12.0. The van der Waals surface area contributed by atoms with Gasteiger partial charge in [-0.2, -0.15) is 0 Å². The van der Waals surface area contributed by atoms with E-state index in [-0.39, 0.29) is 5.91 Å². The first-order valence-corrected chi connectivity index (χ1v) is 6.91. The van der Waals surface area contributed by atoms with Crippen LogP contribution >= 0.6 is 0 Å². The predicted octanol–water partition coefficient (Wildman–Crippen LogP) is 0.923. The second-order valence-corrected chi connectivity index (χ2v) is 4.74. The van der Waals surface area contributed by atoms with Crippen molar-refractivity contribution in [2.45, 2.75) is 12.8 Å². The molecule has 3 rings (SSSR count). The Balaban J connectivity index is 1.56. The van der Waals surface area contributed by atoms with Crippen LogP contribution in [0.2, 0.25) is 0 Å². The van der Waals surface area contributed by atoms with Crippen molar-refractivity contribution in [1.29, 1.82) is 0 Å². The number of ether oxygens (including phenoxy) is 1. The van der Waals surface area contributed by atoms with Gasteiger partial charge in [0.05, 0.1) is 18.8 Å². The summed E-state index contributed by atoms with van der Waals surface area (Å²) in [6.45, 7) is 2.53. The van der Waals surface area contributed by atoms with Gasteiger partial charge in [-0.25, -0.2) is 0 Å². The number of aryl methyl sites for hydroxylation is 1. The quantitative estimate of drug-likeness (QED) is 0.832. The average Bonchev–Trinajstić information content (AvgIpc) is 3.03. The summed E-state index contributed by atoms with van der Waals surface area (Å²) >= 11 is 0. The van der Waals surface area contributed by atoms with Crippen molar-refractivity contribution in [3.63, 3.8) is 0 Å². The average molecular weight is 288 g/mol. The maximum Gasteiger partial charge on any atom is 0.249 e. The van der Waals surface area contributed by atoms with Crippen molar-refractivity contribution in [2.24, 2.45) is 0 Å². The lowest BCUT2D eigenvalue weighted by atomic mass is 10.2. The van der Waals surface area contributed by atoms with E-state index in [2.05, 4.69) is 15.2 Å². The fourth-order valence-corrected chi connectivity index (χ4v) is 2.15. The van der Waals surface area contributed by atoms with E-state index < -0.39 is 0 Å². The Bertz CT molecular complexity index is 593. The number of rotatable bonds is 4. The zero-order valence-electron chi connectivity index (χ0n) is 11.6. The number of pyridine rings is 1. The lowest BCUT2D eigenvalue weighted by Gasteiger charge is -2.26. The Hall–Kier alpha value is -2.28. The molecule has 2 aromatic heterocycles. The molecule has 1 aliphatic heterocycles. The fraction of sp³-hybridized carbons (Fsp3) is 0.429. The summed E-state index contributed by atoms with van der Waals surface area (Å²) in [5, 5.41) is 7.95. The number of hydrogen-bond donors (Lipinski definition) is 0. The molecule has 0 saturated carbocycles. The molecule has 110 valence electrons. The van der Waals surface area contributed by atoms with Gasteiger partial charge in [-0.15, -0.1) is 10.2 Å². The first-order valence-electron chi connectivity index (χ1n) is 6.91. The van der Waals surface area contributed by atoms with E-state index in [4.69, 9.17) is 9.15 Å². The van der Waals surface area contributed by atoms with Gasteiger partial charge in [-0.3, -0.25) is 9.78 Å². The van der Waals surface area contributed by atoms with Crippen molar-refractivity contribution >= 4 is 5.91 Å². The van der Waals surface area contributed by atoms with Gasteiger partial charge in [0.15, 0.2) is 0 Å². The Morgan fingerprint density at radius 3 is 2.90 bits per heavy atom. The standard InChI is InChI=1S/C14H16N4O3/c19-13(18-6-8-20-9-7-18)4-3-12-16-17-14(21-12)11-2-1-5-15-10-11/h1-2,5,10H,3-4,6-9H2. The zero-order valence-corrected chi connectivity index (χ0v) is 11.6. The normalized spacial score (nSPS) is 15.1. The van der Waals surface area contributed by atoms with E-state index in [1.54, 1.807) is 18.5 Å². The molecule has 1 saturated heterocycles. The minimum Gasteiger partial charge on any atom is -0.421 e. The molecule has 0 aliphatic carbocycles. The highest BCUT2D eigenvalue weighted by molar-refractivity contribution is 5.76. The van der Waals surface area contributed by atoms with Gasteiger partial charge in [0.2, 0.25) is 17.7 Å². The van der Waals surface area contributed by atoms with Crippen LogP contribution in [0.15, 0.2) is 28.9 Å². The van der Waals surface area contributed by atoms with Crippen LogP contribution in [0.5, 0.6) is 0 Å². The summed E-state index contributed by atoms with van der Waals surface area (Å²) in [7, 11) is 0. The maximum absolute atomic E-state index is 12.0. The van der Waals surface area contributed by atoms with Gasteiger partial charge < -0.3 is 14.1 Å². The molecule has 1 fully saturated rings. The van der Waals surface area contributed by atoms with E-state index in [1.807, 2.05) is 11.0 Å². The molecule has 0 radical (unpaired) electrons. The summed E-state index contributed by atoms with van der Waals surface area (Å²) in [4.78, 5) is 17.8. The van der Waals surface area contributed by atoms with Gasteiger partial charge in [0, 0.05) is 38.3 Å². The SMILES string of the molecule is O=C(CCc1nnc(-c2cccnc2)o1)N1CCOCC1. The number of morpholine rings is 1. The summed E-state index contributed by atoms with van der Waals surface area (Å²) in [5.41, 5.74) is 0.774. The Morgan fingerprint density at radius 1 is 1.29 bits per heavy atom. The molecule has 0 unspecified atom stereocenters. The van der Waals surface area contributed by atoms with Crippen molar-refractivity contribution < 1.29 is 13.9 Å². The second-order valence-electron chi connectivity index (χ2n) is 4.74. The topological polar surface area (TPSA) is 81.3 Å². The van der Waals surface area contributed by atoms with E-state index in [0.717, 1.165) is 5.56 Å². The molecular weight excluding hydrogens is 272 g/mol. The molecular formula is C14H16N4O3. The summed E-state index contributed by atoms with van der Waals surface area (Å²) in [6, 6.07) is 3.66. The Labute approximate surface area is 121 Å². The predicted molar refractivity (Wildman–Crippen MR) is 73.2 cm³/mol. The molecule has 0 bridgehead atoms. The summed E-state index contributed by atoms with van der Waals surface area (Å²) < 4.78 is 10.8. The molecule has 1 amide bonds. The van der Waals surface area contributed by atoms with Gasteiger partial charge >= 0.3 is 0 Å². The van der Waals surface area contributed by atoms with Crippen molar-refractivity contribution in [3.05, 3.63) is 30.4 Å². The van der Waals surface area contributed by atoms with Crippen LogP contribution < -0.4 is 0 Å². The van der Waals surface area contributed by atoms with Gasteiger partial charge in [-0.1, -0.05) is 0 Å². The third-order valence-corrected chi connectivity index (χ3v) is 3.29. The number of hydrogen-bond acceptors (Lipinski definition) is 6. The minimum absolute atomic E-state index is 0.0967. The molecule has 3 heterocycles. The van der Waals surface area contributed by atoms with Crippen LogP contribution in [-0.2, 0) is 16.0 Å². The highest BCUT2D eigenvalue weighted by atomic mass is 16.5. The van der Waals surface area contributed by atoms with Crippen LogP contribution in [0.25, 0.3) is 11.5 Å². The Kier molecular flexibility index (Phi) is 4.20. The zero-order chi connectivity index (χ0) is 14.5. The van der Waals surface area contributed by atoms with Crippen LogP contribution in [0.3, 0.4) is 0 Å². The van der Waals surface area contributed by atoms with Gasteiger partial charge in [0.1, 0.15) is 0 Å². The van der Waals surface area contributed by atoms with E-state index in [9.17, 15) is 4.79 Å². The number of amides is 1. The first kappa shape index (κ1) is 13.7. The van der Waals surface area contributed by atoms with E-state index in [1.165, 1.54) is 0 Å². The van der Waals surface area contributed by atoms with Crippen LogP contribution in [-0.4, -0.2) is 52.3 Å². The van der Waals surface area contributed by atoms with Crippen molar-refractivity contribution in [3.8, 4) is 11.5 Å². The van der Waals surface area contributed by atoms with Crippen LogP contribution in [0.4, 0.5) is 0 Å². The van der Waals surface area contributed by atoms with E-state index in [0.29, 0.717) is 50.9 Å². The second kappa shape index (κ2) is 6.45.